The van der Waals surface area contributed by atoms with Crippen LogP contribution in [0.2, 0.25) is 0 Å². The summed E-state index contributed by atoms with van der Waals surface area (Å²) in [5.41, 5.74) is 8.41. The highest BCUT2D eigenvalue weighted by molar-refractivity contribution is 7.13. The molecular weight excluding hydrogens is 286 g/mol. The molecule has 1 aromatic carbocycles. The molecule has 1 aliphatic rings. The third-order valence-electron chi connectivity index (χ3n) is 3.60. The summed E-state index contributed by atoms with van der Waals surface area (Å²) in [4.78, 5) is 18.6. The van der Waals surface area contributed by atoms with Crippen LogP contribution < -0.4 is 15.4 Å². The molecule has 2 heterocycles. The number of methoxy groups -OCH3 is 1. The smallest absolute Gasteiger partial charge is 0.233 e. The molecule has 0 spiro atoms. The van der Waals surface area contributed by atoms with Crippen LogP contribution in [0.15, 0.2) is 23.6 Å². The van der Waals surface area contributed by atoms with Gasteiger partial charge in [0.15, 0.2) is 5.13 Å². The summed E-state index contributed by atoms with van der Waals surface area (Å²) in [5, 5.41) is 2.33. The van der Waals surface area contributed by atoms with E-state index in [1.807, 2.05) is 22.4 Å². The number of aryl methyl sites for hydroxylation is 1. The molecular formula is C15H17N3O2S. The molecule has 0 saturated carbocycles. The third kappa shape index (κ3) is 2.71. The Morgan fingerprint density at radius 2 is 2.38 bits per heavy atom. The van der Waals surface area contributed by atoms with Gasteiger partial charge in [-0.25, -0.2) is 4.98 Å². The van der Waals surface area contributed by atoms with Crippen LogP contribution in [0, 0.1) is 0 Å². The molecule has 6 heteroatoms. The molecule has 0 bridgehead atoms. The number of amides is 1. The van der Waals surface area contributed by atoms with Gasteiger partial charge in [-0.1, -0.05) is 12.1 Å². The summed E-state index contributed by atoms with van der Waals surface area (Å²) < 4.78 is 5.42. The number of nitrogen functional groups attached to an aromatic ring is 1. The number of hydrogen-bond donors (Lipinski definition) is 1. The molecule has 1 aliphatic heterocycles. The number of nitrogens with zero attached hydrogens (tertiary/aromatic N) is 2. The van der Waals surface area contributed by atoms with Crippen LogP contribution in [0.25, 0.3) is 0 Å². The number of para-hydroxylation sites is 1. The zero-order valence-electron chi connectivity index (χ0n) is 11.8. The number of aromatic nitrogens is 1. The predicted molar refractivity (Wildman–Crippen MR) is 83.9 cm³/mol. The van der Waals surface area contributed by atoms with E-state index in [0.29, 0.717) is 11.7 Å². The number of thiazole rings is 1. The van der Waals surface area contributed by atoms with Crippen molar-refractivity contribution < 1.29 is 9.53 Å². The first kappa shape index (κ1) is 13.9. The Balaban J connectivity index is 1.89. The molecule has 0 fully saturated rings. The van der Waals surface area contributed by atoms with E-state index in [0.717, 1.165) is 35.5 Å². The van der Waals surface area contributed by atoms with E-state index in [2.05, 4.69) is 11.1 Å². The summed E-state index contributed by atoms with van der Waals surface area (Å²) in [6.07, 6.45) is 2.20. The minimum Gasteiger partial charge on any atom is -0.495 e. The van der Waals surface area contributed by atoms with Crippen molar-refractivity contribution in [1.82, 2.24) is 4.98 Å². The van der Waals surface area contributed by atoms with Gasteiger partial charge in [0.25, 0.3) is 0 Å². The first-order valence-corrected chi connectivity index (χ1v) is 7.73. The number of carbonyl (C=O) groups is 1. The van der Waals surface area contributed by atoms with Gasteiger partial charge in [0.2, 0.25) is 5.91 Å². The highest BCUT2D eigenvalue weighted by atomic mass is 32.1. The fourth-order valence-corrected chi connectivity index (χ4v) is 3.25. The zero-order valence-corrected chi connectivity index (χ0v) is 12.7. The maximum absolute atomic E-state index is 12.6. The Kier molecular flexibility index (Phi) is 3.79. The van der Waals surface area contributed by atoms with Gasteiger partial charge in [0.1, 0.15) is 5.75 Å². The van der Waals surface area contributed by atoms with Crippen LogP contribution in [0.5, 0.6) is 5.75 Å². The largest absolute Gasteiger partial charge is 0.495 e. The van der Waals surface area contributed by atoms with E-state index in [1.165, 1.54) is 11.3 Å². The molecule has 21 heavy (non-hydrogen) atoms. The molecule has 0 unspecified atom stereocenters. The topological polar surface area (TPSA) is 68.5 Å². The molecule has 5 nitrogen and oxygen atoms in total. The fourth-order valence-electron chi connectivity index (χ4n) is 2.68. The van der Waals surface area contributed by atoms with Crippen molar-refractivity contribution in [2.24, 2.45) is 0 Å². The first-order chi connectivity index (χ1) is 10.2. The van der Waals surface area contributed by atoms with Gasteiger partial charge in [-0.2, -0.15) is 0 Å². The number of anilines is 2. The molecule has 0 atom stereocenters. The predicted octanol–water partition coefficient (Wildman–Crippen LogP) is 2.26. The molecule has 0 saturated heterocycles. The van der Waals surface area contributed by atoms with E-state index in [9.17, 15) is 4.79 Å². The fraction of sp³-hybridized carbons (Fsp3) is 0.333. The van der Waals surface area contributed by atoms with Crippen molar-refractivity contribution in [2.75, 3.05) is 24.3 Å². The Hall–Kier alpha value is -2.08. The summed E-state index contributed by atoms with van der Waals surface area (Å²) >= 11 is 1.36. The van der Waals surface area contributed by atoms with Gasteiger partial charge in [0, 0.05) is 11.9 Å². The lowest BCUT2D eigenvalue weighted by Crippen LogP contribution is -2.36. The van der Waals surface area contributed by atoms with Crippen LogP contribution in [0.4, 0.5) is 10.8 Å². The van der Waals surface area contributed by atoms with E-state index in [-0.39, 0.29) is 12.3 Å². The SMILES string of the molecule is COc1cccc2c1N(C(=O)Cc1csc(N)n1)CCC2. The maximum atomic E-state index is 12.6. The molecule has 2 N–H and O–H groups in total. The summed E-state index contributed by atoms with van der Waals surface area (Å²) in [6, 6.07) is 5.91. The number of rotatable bonds is 3. The van der Waals surface area contributed by atoms with Gasteiger partial charge in [-0.05, 0) is 24.5 Å². The Labute approximate surface area is 127 Å². The van der Waals surface area contributed by atoms with Crippen molar-refractivity contribution >= 4 is 28.1 Å². The minimum absolute atomic E-state index is 0.0331. The number of hydrogen-bond acceptors (Lipinski definition) is 5. The van der Waals surface area contributed by atoms with Crippen molar-refractivity contribution in [2.45, 2.75) is 19.3 Å². The van der Waals surface area contributed by atoms with Gasteiger partial charge >= 0.3 is 0 Å². The van der Waals surface area contributed by atoms with Crippen LogP contribution in [0.3, 0.4) is 0 Å². The molecule has 1 aromatic heterocycles. The lowest BCUT2D eigenvalue weighted by molar-refractivity contribution is -0.118. The third-order valence-corrected chi connectivity index (χ3v) is 4.33. The lowest BCUT2D eigenvalue weighted by Gasteiger charge is -2.30. The number of carbonyl (C=O) groups excluding carboxylic acids is 1. The second-order valence-electron chi connectivity index (χ2n) is 4.97. The van der Waals surface area contributed by atoms with Crippen LogP contribution in [-0.4, -0.2) is 24.5 Å². The number of ether oxygens (including phenoxy) is 1. The van der Waals surface area contributed by atoms with E-state index >= 15 is 0 Å². The van der Waals surface area contributed by atoms with Crippen LogP contribution in [-0.2, 0) is 17.6 Å². The van der Waals surface area contributed by atoms with Gasteiger partial charge in [0.05, 0.1) is 24.9 Å². The van der Waals surface area contributed by atoms with Crippen molar-refractivity contribution in [1.29, 1.82) is 0 Å². The van der Waals surface area contributed by atoms with Gasteiger partial charge in [-0.15, -0.1) is 11.3 Å². The highest BCUT2D eigenvalue weighted by Gasteiger charge is 2.26. The average Bonchev–Trinajstić information content (AvgIpc) is 2.91. The molecule has 2 aromatic rings. The van der Waals surface area contributed by atoms with Crippen molar-refractivity contribution in [3.8, 4) is 5.75 Å². The number of fused-ring (bicyclic) bond motifs is 1. The Morgan fingerprint density at radius 3 is 3.10 bits per heavy atom. The summed E-state index contributed by atoms with van der Waals surface area (Å²) in [7, 11) is 1.63. The molecule has 1 amide bonds. The number of nitrogens with two attached hydrogens (primary N) is 1. The van der Waals surface area contributed by atoms with Crippen LogP contribution in [0.1, 0.15) is 17.7 Å². The van der Waals surface area contributed by atoms with E-state index < -0.39 is 0 Å². The zero-order chi connectivity index (χ0) is 14.8. The maximum Gasteiger partial charge on any atom is 0.233 e. The monoisotopic (exact) mass is 303 g/mol. The normalized spacial score (nSPS) is 13.9. The number of benzene rings is 1. The second kappa shape index (κ2) is 5.73. The molecule has 0 radical (unpaired) electrons. The van der Waals surface area contributed by atoms with Gasteiger partial charge < -0.3 is 15.4 Å². The summed E-state index contributed by atoms with van der Waals surface area (Å²) in [6.45, 7) is 0.714. The molecule has 0 aliphatic carbocycles. The quantitative estimate of drug-likeness (QED) is 0.944. The standard InChI is InChI=1S/C15H17N3O2S/c1-20-12-6-2-4-10-5-3-7-18(14(10)12)13(19)8-11-9-21-15(16)17-11/h2,4,6,9H,3,5,7-8H2,1H3,(H2,16,17). The summed E-state index contributed by atoms with van der Waals surface area (Å²) in [5.74, 6) is 0.782. The second-order valence-corrected chi connectivity index (χ2v) is 5.86. The Morgan fingerprint density at radius 1 is 1.52 bits per heavy atom. The highest BCUT2D eigenvalue weighted by Crippen LogP contribution is 2.36. The van der Waals surface area contributed by atoms with E-state index in [4.69, 9.17) is 10.5 Å². The average molecular weight is 303 g/mol. The Bertz CT molecular complexity index is 654. The lowest BCUT2D eigenvalue weighted by atomic mass is 10.0. The molecule has 110 valence electrons. The van der Waals surface area contributed by atoms with Crippen molar-refractivity contribution in [3.63, 3.8) is 0 Å². The first-order valence-electron chi connectivity index (χ1n) is 6.85. The van der Waals surface area contributed by atoms with Crippen molar-refractivity contribution in [3.05, 3.63) is 34.8 Å². The molecule has 3 rings (SSSR count). The minimum atomic E-state index is 0.0331. The van der Waals surface area contributed by atoms with E-state index in [1.54, 1.807) is 7.11 Å². The van der Waals surface area contributed by atoms with Crippen LogP contribution >= 0.6 is 11.3 Å². The van der Waals surface area contributed by atoms with Gasteiger partial charge in [-0.3, -0.25) is 4.79 Å².